The summed E-state index contributed by atoms with van der Waals surface area (Å²) in [6, 6.07) is 3.95. The molecule has 0 aliphatic carbocycles. The Kier molecular flexibility index (Phi) is 6.04. The molecule has 0 radical (unpaired) electrons. The van der Waals surface area contributed by atoms with Crippen LogP contribution in [0.15, 0.2) is 6.07 Å². The lowest BCUT2D eigenvalue weighted by atomic mass is 10.2. The van der Waals surface area contributed by atoms with E-state index in [-0.39, 0.29) is 5.92 Å². The molecule has 0 amide bonds. The summed E-state index contributed by atoms with van der Waals surface area (Å²) in [6.45, 7) is 9.89. The minimum Gasteiger partial charge on any atom is -0.355 e. The lowest BCUT2D eigenvalue weighted by Crippen LogP contribution is -2.29. The van der Waals surface area contributed by atoms with Crippen LogP contribution in [0.5, 0.6) is 0 Å². The smallest absolute Gasteiger partial charge is 0.135 e. The van der Waals surface area contributed by atoms with Gasteiger partial charge in [0.05, 0.1) is 12.5 Å². The third kappa shape index (κ3) is 5.04. The third-order valence-electron chi connectivity index (χ3n) is 2.62. The molecule has 0 saturated heterocycles. The van der Waals surface area contributed by atoms with Crippen LogP contribution >= 0.6 is 11.6 Å². The Morgan fingerprint density at radius 1 is 1.32 bits per heavy atom. The number of nitriles is 1. The van der Waals surface area contributed by atoms with E-state index in [2.05, 4.69) is 34.8 Å². The molecular formula is C14H21ClN4. The number of aromatic nitrogens is 2. The molecule has 19 heavy (non-hydrogen) atoms. The zero-order chi connectivity index (χ0) is 14.4. The van der Waals surface area contributed by atoms with Crippen LogP contribution in [0.2, 0.25) is 5.15 Å². The highest BCUT2D eigenvalue weighted by Crippen LogP contribution is 2.21. The molecule has 1 aromatic heterocycles. The Balaban J connectivity index is 3.03. The molecule has 0 spiro atoms. The van der Waals surface area contributed by atoms with Crippen molar-refractivity contribution in [3.63, 3.8) is 0 Å². The SMILES string of the molecule is CC(C)CN(CCC#N)c1cc(Cl)nc(C(C)C)n1. The van der Waals surface area contributed by atoms with Crippen LogP contribution in [0.1, 0.15) is 45.9 Å². The number of nitrogens with zero attached hydrogens (tertiary/aromatic N) is 4. The van der Waals surface area contributed by atoms with Gasteiger partial charge in [-0.15, -0.1) is 0 Å². The molecular weight excluding hydrogens is 260 g/mol. The van der Waals surface area contributed by atoms with Crippen LogP contribution in [0.25, 0.3) is 0 Å². The summed E-state index contributed by atoms with van der Waals surface area (Å²) in [4.78, 5) is 10.9. The van der Waals surface area contributed by atoms with Gasteiger partial charge in [-0.05, 0) is 5.92 Å². The number of hydrogen-bond donors (Lipinski definition) is 0. The molecule has 1 heterocycles. The lowest BCUT2D eigenvalue weighted by Gasteiger charge is -2.25. The van der Waals surface area contributed by atoms with Crippen LogP contribution in [0.3, 0.4) is 0 Å². The Morgan fingerprint density at radius 3 is 2.53 bits per heavy atom. The Morgan fingerprint density at radius 2 is 2.00 bits per heavy atom. The molecule has 0 aliphatic heterocycles. The van der Waals surface area contributed by atoms with E-state index in [1.807, 2.05) is 13.8 Å². The molecule has 0 saturated carbocycles. The van der Waals surface area contributed by atoms with Crippen molar-refractivity contribution in [3.05, 3.63) is 17.0 Å². The summed E-state index contributed by atoms with van der Waals surface area (Å²) in [5, 5.41) is 9.22. The van der Waals surface area contributed by atoms with Gasteiger partial charge in [0.2, 0.25) is 0 Å². The molecule has 0 fully saturated rings. The maximum absolute atomic E-state index is 8.76. The molecule has 0 aliphatic rings. The minimum absolute atomic E-state index is 0.231. The van der Waals surface area contributed by atoms with Gasteiger partial charge in [0.1, 0.15) is 16.8 Å². The first-order valence-electron chi connectivity index (χ1n) is 6.60. The summed E-state index contributed by atoms with van der Waals surface area (Å²) in [5.74, 6) is 2.28. The third-order valence-corrected chi connectivity index (χ3v) is 2.81. The molecule has 0 N–H and O–H groups in total. The van der Waals surface area contributed by atoms with Crippen LogP contribution in [0.4, 0.5) is 5.82 Å². The van der Waals surface area contributed by atoms with Crippen LogP contribution < -0.4 is 4.90 Å². The Hall–Kier alpha value is -1.34. The topological polar surface area (TPSA) is 52.8 Å². The van der Waals surface area contributed by atoms with E-state index in [4.69, 9.17) is 16.9 Å². The Bertz CT molecular complexity index is 451. The molecule has 0 bridgehead atoms. The van der Waals surface area contributed by atoms with Gasteiger partial charge in [-0.2, -0.15) is 5.26 Å². The zero-order valence-electron chi connectivity index (χ0n) is 12.0. The lowest BCUT2D eigenvalue weighted by molar-refractivity contribution is 0.604. The summed E-state index contributed by atoms with van der Waals surface area (Å²) in [5.41, 5.74) is 0. The van der Waals surface area contributed by atoms with Gasteiger partial charge in [-0.3, -0.25) is 0 Å². The first kappa shape index (κ1) is 15.7. The van der Waals surface area contributed by atoms with Crippen LogP contribution in [0, 0.1) is 17.2 Å². The fourth-order valence-electron chi connectivity index (χ4n) is 1.77. The van der Waals surface area contributed by atoms with Gasteiger partial charge in [-0.25, -0.2) is 9.97 Å². The van der Waals surface area contributed by atoms with E-state index < -0.39 is 0 Å². The fraction of sp³-hybridized carbons (Fsp3) is 0.643. The summed E-state index contributed by atoms with van der Waals surface area (Å²) in [7, 11) is 0. The van der Waals surface area contributed by atoms with Crippen molar-refractivity contribution >= 4 is 17.4 Å². The quantitative estimate of drug-likeness (QED) is 0.747. The van der Waals surface area contributed by atoms with E-state index >= 15 is 0 Å². The fourth-order valence-corrected chi connectivity index (χ4v) is 1.95. The van der Waals surface area contributed by atoms with Crippen molar-refractivity contribution in [2.45, 2.75) is 40.0 Å². The van der Waals surface area contributed by atoms with Gasteiger partial charge in [0, 0.05) is 25.1 Å². The van der Waals surface area contributed by atoms with Gasteiger partial charge in [-0.1, -0.05) is 39.3 Å². The maximum Gasteiger partial charge on any atom is 0.135 e. The molecule has 0 unspecified atom stereocenters. The summed E-state index contributed by atoms with van der Waals surface area (Å²) in [6.07, 6.45) is 0.478. The molecule has 104 valence electrons. The molecule has 1 aromatic rings. The number of halogens is 1. The highest BCUT2D eigenvalue weighted by molar-refractivity contribution is 6.29. The van der Waals surface area contributed by atoms with Gasteiger partial charge >= 0.3 is 0 Å². The number of rotatable bonds is 6. The predicted molar refractivity (Wildman–Crippen MR) is 78.4 cm³/mol. The first-order chi connectivity index (χ1) is 8.93. The standard InChI is InChI=1S/C14H21ClN4/c1-10(2)9-19(7-5-6-16)13-8-12(15)17-14(18-13)11(3)4/h8,10-11H,5,7,9H2,1-4H3. The normalized spacial score (nSPS) is 10.8. The molecule has 1 rings (SSSR count). The maximum atomic E-state index is 8.76. The van der Waals surface area contributed by atoms with Crippen LogP contribution in [-0.2, 0) is 0 Å². The zero-order valence-corrected chi connectivity index (χ0v) is 12.8. The summed E-state index contributed by atoms with van der Waals surface area (Å²) < 4.78 is 0. The second-order valence-corrected chi connectivity index (χ2v) is 5.70. The first-order valence-corrected chi connectivity index (χ1v) is 6.98. The van der Waals surface area contributed by atoms with E-state index in [1.54, 1.807) is 6.07 Å². The van der Waals surface area contributed by atoms with E-state index in [0.29, 0.717) is 24.0 Å². The highest BCUT2D eigenvalue weighted by atomic mass is 35.5. The van der Waals surface area contributed by atoms with Crippen molar-refractivity contribution in [2.75, 3.05) is 18.0 Å². The minimum atomic E-state index is 0.231. The Labute approximate surface area is 120 Å². The van der Waals surface area contributed by atoms with Crippen molar-refractivity contribution in [3.8, 4) is 6.07 Å². The van der Waals surface area contributed by atoms with Crippen molar-refractivity contribution < 1.29 is 0 Å². The van der Waals surface area contributed by atoms with Crippen LogP contribution in [-0.4, -0.2) is 23.1 Å². The predicted octanol–water partition coefficient (Wildman–Crippen LogP) is 3.63. The average Bonchev–Trinajstić information content (AvgIpc) is 2.33. The van der Waals surface area contributed by atoms with Gasteiger partial charge in [0.15, 0.2) is 0 Å². The second-order valence-electron chi connectivity index (χ2n) is 5.31. The number of hydrogen-bond acceptors (Lipinski definition) is 4. The molecule has 4 nitrogen and oxygen atoms in total. The summed E-state index contributed by atoms with van der Waals surface area (Å²) >= 11 is 6.07. The van der Waals surface area contributed by atoms with Gasteiger partial charge in [0.25, 0.3) is 0 Å². The molecule has 0 aromatic carbocycles. The average molecular weight is 281 g/mol. The van der Waals surface area contributed by atoms with Crippen molar-refractivity contribution in [1.82, 2.24) is 9.97 Å². The molecule has 5 heteroatoms. The monoisotopic (exact) mass is 280 g/mol. The largest absolute Gasteiger partial charge is 0.355 e. The van der Waals surface area contributed by atoms with Crippen molar-refractivity contribution in [1.29, 1.82) is 5.26 Å². The van der Waals surface area contributed by atoms with E-state index in [0.717, 1.165) is 18.2 Å². The van der Waals surface area contributed by atoms with Crippen molar-refractivity contribution in [2.24, 2.45) is 5.92 Å². The van der Waals surface area contributed by atoms with Gasteiger partial charge < -0.3 is 4.90 Å². The van der Waals surface area contributed by atoms with E-state index in [1.165, 1.54) is 0 Å². The van der Waals surface area contributed by atoms with E-state index in [9.17, 15) is 0 Å². The molecule has 0 atom stereocenters. The highest BCUT2D eigenvalue weighted by Gasteiger charge is 2.14. The second kappa shape index (κ2) is 7.30. The number of anilines is 1.